The van der Waals surface area contributed by atoms with Crippen molar-refractivity contribution in [3.8, 4) is 0 Å². The van der Waals surface area contributed by atoms with E-state index >= 15 is 0 Å². The average Bonchev–Trinajstić information content (AvgIpc) is 2.68. The van der Waals surface area contributed by atoms with Crippen LogP contribution in [0.5, 0.6) is 0 Å². The molecule has 0 saturated carbocycles. The summed E-state index contributed by atoms with van der Waals surface area (Å²) >= 11 is 0. The van der Waals surface area contributed by atoms with Crippen LogP contribution in [0.3, 0.4) is 0 Å². The van der Waals surface area contributed by atoms with Crippen LogP contribution in [0.2, 0.25) is 0 Å². The fourth-order valence-corrected chi connectivity index (χ4v) is 2.87. The summed E-state index contributed by atoms with van der Waals surface area (Å²) in [5.74, 6) is -0.261. The van der Waals surface area contributed by atoms with Gasteiger partial charge in [0.05, 0.1) is 16.5 Å². The van der Waals surface area contributed by atoms with Crippen LogP contribution in [0.1, 0.15) is 30.6 Å². The minimum atomic E-state index is -3.77. The molecule has 2 rings (SSSR count). The van der Waals surface area contributed by atoms with Crippen LogP contribution in [0.4, 0.5) is 0 Å². The first kappa shape index (κ1) is 15.3. The van der Waals surface area contributed by atoms with Crippen molar-refractivity contribution >= 4 is 25.6 Å². The first-order valence-electron chi connectivity index (χ1n) is 6.21. The van der Waals surface area contributed by atoms with E-state index in [1.165, 1.54) is 24.3 Å². The second-order valence-corrected chi connectivity index (χ2v) is 7.66. The highest BCUT2D eigenvalue weighted by molar-refractivity contribution is 8.13. The molecule has 1 aliphatic heterocycles. The number of carbonyl (C=O) groups is 1. The predicted octanol–water partition coefficient (Wildman–Crippen LogP) is 1.91. The number of rotatable bonds is 3. The molecule has 1 amide bonds. The zero-order valence-electron chi connectivity index (χ0n) is 11.2. The maximum Gasteiger partial charge on any atom is 0.261 e. The lowest BCUT2D eigenvalue weighted by Crippen LogP contribution is -2.50. The van der Waals surface area contributed by atoms with E-state index in [4.69, 9.17) is 15.4 Å². The number of hydrogen-bond donors (Lipinski definition) is 1. The van der Waals surface area contributed by atoms with Crippen LogP contribution in [0.15, 0.2) is 29.2 Å². The molecule has 2 atom stereocenters. The molecule has 0 radical (unpaired) electrons. The molecule has 1 aliphatic rings. The quantitative estimate of drug-likeness (QED) is 0.864. The van der Waals surface area contributed by atoms with Crippen LogP contribution in [0, 0.1) is 0 Å². The molecular formula is C13H16ClNO4S. The van der Waals surface area contributed by atoms with Crippen LogP contribution in [0.25, 0.3) is 0 Å². The van der Waals surface area contributed by atoms with Crippen molar-refractivity contribution < 1.29 is 17.9 Å². The fraction of sp³-hybridized carbons (Fsp3) is 0.462. The van der Waals surface area contributed by atoms with Gasteiger partial charge < -0.3 is 10.1 Å². The number of carbonyl (C=O) groups excluding carboxylic acids is 1. The van der Waals surface area contributed by atoms with Crippen LogP contribution < -0.4 is 5.32 Å². The number of amides is 1. The van der Waals surface area contributed by atoms with E-state index in [-0.39, 0.29) is 16.9 Å². The van der Waals surface area contributed by atoms with Gasteiger partial charge in [0.2, 0.25) is 0 Å². The molecule has 1 saturated heterocycles. The van der Waals surface area contributed by atoms with Gasteiger partial charge in [0.1, 0.15) is 0 Å². The summed E-state index contributed by atoms with van der Waals surface area (Å²) in [7, 11) is 1.46. The summed E-state index contributed by atoms with van der Waals surface area (Å²) in [4.78, 5) is 12.1. The van der Waals surface area contributed by atoms with E-state index in [1.807, 2.05) is 13.8 Å². The Kier molecular flexibility index (Phi) is 4.09. The number of halogens is 1. The largest absolute Gasteiger partial charge is 0.376 e. The zero-order chi connectivity index (χ0) is 15.0. The molecule has 1 aromatic carbocycles. The normalized spacial score (nSPS) is 26.4. The second-order valence-electron chi connectivity index (χ2n) is 5.10. The molecule has 2 unspecified atom stereocenters. The van der Waals surface area contributed by atoms with Gasteiger partial charge >= 0.3 is 0 Å². The van der Waals surface area contributed by atoms with Gasteiger partial charge in [0.25, 0.3) is 15.0 Å². The van der Waals surface area contributed by atoms with Crippen molar-refractivity contribution in [2.24, 2.45) is 0 Å². The lowest BCUT2D eigenvalue weighted by Gasteiger charge is -2.28. The molecule has 5 nitrogen and oxygen atoms in total. The third-order valence-electron chi connectivity index (χ3n) is 3.68. The molecule has 1 aromatic rings. The first-order valence-corrected chi connectivity index (χ1v) is 8.52. The van der Waals surface area contributed by atoms with E-state index in [2.05, 4.69) is 5.32 Å². The highest BCUT2D eigenvalue weighted by Gasteiger charge is 2.38. The van der Waals surface area contributed by atoms with Gasteiger partial charge in [-0.15, -0.1) is 0 Å². The van der Waals surface area contributed by atoms with E-state index in [0.717, 1.165) is 6.42 Å². The lowest BCUT2D eigenvalue weighted by molar-refractivity contribution is 0.0727. The Morgan fingerprint density at radius 1 is 1.40 bits per heavy atom. The zero-order valence-corrected chi connectivity index (χ0v) is 12.8. The summed E-state index contributed by atoms with van der Waals surface area (Å²) in [5.41, 5.74) is -0.0247. The number of nitrogens with one attached hydrogen (secondary N) is 1. The molecule has 0 spiro atoms. The van der Waals surface area contributed by atoms with Gasteiger partial charge in [0.15, 0.2) is 0 Å². The molecule has 1 fully saturated rings. The van der Waals surface area contributed by atoms with Crippen molar-refractivity contribution in [3.05, 3.63) is 29.8 Å². The Balaban J connectivity index is 2.14. The Morgan fingerprint density at radius 2 is 2.00 bits per heavy atom. The number of hydrogen-bond acceptors (Lipinski definition) is 4. The van der Waals surface area contributed by atoms with Gasteiger partial charge in [-0.1, -0.05) is 0 Å². The van der Waals surface area contributed by atoms with Crippen molar-refractivity contribution in [3.63, 3.8) is 0 Å². The Bertz CT molecular complexity index is 614. The van der Waals surface area contributed by atoms with E-state index in [9.17, 15) is 13.2 Å². The molecule has 0 aromatic heterocycles. The van der Waals surface area contributed by atoms with E-state index in [1.54, 1.807) is 0 Å². The van der Waals surface area contributed by atoms with E-state index < -0.39 is 14.6 Å². The molecule has 0 bridgehead atoms. The number of ether oxygens (including phenoxy) is 1. The highest BCUT2D eigenvalue weighted by atomic mass is 35.7. The predicted molar refractivity (Wildman–Crippen MR) is 75.4 cm³/mol. The van der Waals surface area contributed by atoms with Crippen molar-refractivity contribution in [2.75, 3.05) is 6.61 Å². The summed E-state index contributed by atoms with van der Waals surface area (Å²) in [5, 5.41) is 2.93. The number of benzene rings is 1. The average molecular weight is 318 g/mol. The molecule has 1 N–H and O–H groups in total. The maximum atomic E-state index is 12.2. The topological polar surface area (TPSA) is 72.5 Å². The third kappa shape index (κ3) is 3.13. The molecule has 20 heavy (non-hydrogen) atoms. The molecule has 0 aliphatic carbocycles. The smallest absolute Gasteiger partial charge is 0.261 e. The van der Waals surface area contributed by atoms with Gasteiger partial charge in [-0.3, -0.25) is 4.79 Å². The first-order chi connectivity index (χ1) is 9.22. The van der Waals surface area contributed by atoms with Gasteiger partial charge in [-0.2, -0.15) is 0 Å². The Labute approximate surface area is 122 Å². The van der Waals surface area contributed by atoms with Gasteiger partial charge in [-0.25, -0.2) is 8.42 Å². The van der Waals surface area contributed by atoms with Gasteiger partial charge in [0, 0.05) is 22.9 Å². The minimum Gasteiger partial charge on any atom is -0.376 e. The summed E-state index contributed by atoms with van der Waals surface area (Å²) < 4.78 is 27.7. The second kappa shape index (κ2) is 5.35. The highest BCUT2D eigenvalue weighted by Crippen LogP contribution is 2.25. The lowest BCUT2D eigenvalue weighted by atomic mass is 9.94. The monoisotopic (exact) mass is 317 g/mol. The maximum absolute atomic E-state index is 12.2. The summed E-state index contributed by atoms with van der Waals surface area (Å²) in [6.07, 6.45) is 0.683. The van der Waals surface area contributed by atoms with Crippen LogP contribution >= 0.6 is 10.7 Å². The fourth-order valence-electron chi connectivity index (χ4n) is 2.10. The van der Waals surface area contributed by atoms with Crippen molar-refractivity contribution in [1.82, 2.24) is 5.32 Å². The molecule has 1 heterocycles. The molecule has 7 heteroatoms. The minimum absolute atomic E-state index is 0.0282. The van der Waals surface area contributed by atoms with Gasteiger partial charge in [-0.05, 0) is 44.5 Å². The summed E-state index contributed by atoms with van der Waals surface area (Å²) in [6.45, 7) is 4.46. The third-order valence-corrected chi connectivity index (χ3v) is 5.05. The van der Waals surface area contributed by atoms with Crippen LogP contribution in [-0.2, 0) is 13.8 Å². The molecular weight excluding hydrogens is 302 g/mol. The van der Waals surface area contributed by atoms with Crippen molar-refractivity contribution in [2.45, 2.75) is 36.8 Å². The Hall–Kier alpha value is -1.11. The Morgan fingerprint density at radius 3 is 2.45 bits per heavy atom. The SMILES string of the molecule is CC1OCCC1(C)NC(=O)c1ccc(S(=O)(=O)Cl)cc1. The summed E-state index contributed by atoms with van der Waals surface area (Å²) in [6, 6.07) is 5.51. The standard InChI is InChI=1S/C13H16ClNO4S/c1-9-13(2,7-8-19-9)15-12(16)10-3-5-11(6-4-10)20(14,17)18/h3-6,9H,7-8H2,1-2H3,(H,15,16). The van der Waals surface area contributed by atoms with Crippen molar-refractivity contribution in [1.29, 1.82) is 0 Å². The van der Waals surface area contributed by atoms with E-state index in [0.29, 0.717) is 12.2 Å². The van der Waals surface area contributed by atoms with Crippen LogP contribution in [-0.4, -0.2) is 32.6 Å². The molecule has 110 valence electrons.